The third kappa shape index (κ3) is 40.0. The number of hydrogen-bond donors (Lipinski definition) is 3. The number of hydrogen-bond acceptors (Lipinski definition) is 7. The van der Waals surface area contributed by atoms with E-state index >= 15 is 0 Å². The molecule has 0 aliphatic heterocycles. The third-order valence-corrected chi connectivity index (χ3v) is 10.5. The van der Waals surface area contributed by atoms with Gasteiger partial charge in [0.2, 0.25) is 5.91 Å². The molecule has 0 saturated heterocycles. The molecule has 0 aliphatic rings. The zero-order valence-electron chi connectivity index (χ0n) is 33.3. The Hall–Kier alpha value is -0.990. The Bertz CT molecular complexity index is 815. The van der Waals surface area contributed by atoms with Gasteiger partial charge in [-0.3, -0.25) is 18.6 Å². The summed E-state index contributed by atoms with van der Waals surface area (Å²) < 4.78 is 26.8. The smallest absolute Gasteiger partial charge is 0.463 e. The highest BCUT2D eigenvalue weighted by molar-refractivity contribution is 7.47. The Labute approximate surface area is 314 Å². The standard InChI is InChI=1S/C41H82NO8P/c1-3-5-7-9-11-13-15-16-17-18-19-20-21-22-23-24-25-27-29-31-33-40(44)42-35-36-49-51(46,47)50-38-39(43)37-48-41(45)34-32-30-28-26-14-12-10-8-6-4-2/h39,43H,3-38H2,1-2H3,(H,42,44)(H,46,47). The molecular formula is C41H82NO8P. The van der Waals surface area contributed by atoms with Gasteiger partial charge in [-0.25, -0.2) is 4.57 Å². The fraction of sp³-hybridized carbons (Fsp3) is 0.951. The van der Waals surface area contributed by atoms with Crippen molar-refractivity contribution in [2.24, 2.45) is 0 Å². The number of nitrogens with one attached hydrogen (secondary N) is 1. The molecule has 0 fully saturated rings. The molecule has 0 saturated carbocycles. The molecule has 0 aromatic carbocycles. The van der Waals surface area contributed by atoms with Gasteiger partial charge in [0.25, 0.3) is 0 Å². The first kappa shape index (κ1) is 50.0. The topological polar surface area (TPSA) is 131 Å². The largest absolute Gasteiger partial charge is 0.472 e. The van der Waals surface area contributed by atoms with Crippen LogP contribution in [0, 0.1) is 0 Å². The summed E-state index contributed by atoms with van der Waals surface area (Å²) in [5.41, 5.74) is 0. The molecule has 9 nitrogen and oxygen atoms in total. The summed E-state index contributed by atoms with van der Waals surface area (Å²) in [5.74, 6) is -0.507. The van der Waals surface area contributed by atoms with Crippen molar-refractivity contribution in [3.8, 4) is 0 Å². The molecule has 0 aliphatic carbocycles. The van der Waals surface area contributed by atoms with Crippen molar-refractivity contribution < 1.29 is 37.9 Å². The molecule has 2 unspecified atom stereocenters. The lowest BCUT2D eigenvalue weighted by Crippen LogP contribution is -2.27. The number of esters is 1. The highest BCUT2D eigenvalue weighted by Crippen LogP contribution is 2.42. The van der Waals surface area contributed by atoms with E-state index in [4.69, 9.17) is 13.8 Å². The van der Waals surface area contributed by atoms with Crippen LogP contribution < -0.4 is 5.32 Å². The fourth-order valence-corrected chi connectivity index (χ4v) is 7.02. The molecule has 1 amide bonds. The van der Waals surface area contributed by atoms with E-state index in [0.717, 1.165) is 38.5 Å². The normalized spacial score (nSPS) is 13.3. The van der Waals surface area contributed by atoms with Crippen molar-refractivity contribution in [1.29, 1.82) is 0 Å². The summed E-state index contributed by atoms with van der Waals surface area (Å²) >= 11 is 0. The molecule has 10 heteroatoms. The highest BCUT2D eigenvalue weighted by atomic mass is 31.2. The zero-order valence-corrected chi connectivity index (χ0v) is 34.2. The van der Waals surface area contributed by atoms with Gasteiger partial charge in [-0.1, -0.05) is 194 Å². The number of phosphoric acid groups is 1. The Balaban J connectivity index is 3.52. The monoisotopic (exact) mass is 748 g/mol. The van der Waals surface area contributed by atoms with Gasteiger partial charge in [0, 0.05) is 19.4 Å². The highest BCUT2D eigenvalue weighted by Gasteiger charge is 2.23. The molecule has 304 valence electrons. The van der Waals surface area contributed by atoms with Gasteiger partial charge >= 0.3 is 13.8 Å². The van der Waals surface area contributed by atoms with Gasteiger partial charge in [-0.2, -0.15) is 0 Å². The third-order valence-electron chi connectivity index (χ3n) is 9.54. The molecule has 3 N–H and O–H groups in total. The predicted octanol–water partition coefficient (Wildman–Crippen LogP) is 11.7. The summed E-state index contributed by atoms with van der Waals surface area (Å²) in [6.45, 7) is 3.57. The van der Waals surface area contributed by atoms with Crippen LogP contribution in [0.25, 0.3) is 0 Å². The number of ether oxygens (including phenoxy) is 1. The lowest BCUT2D eigenvalue weighted by Gasteiger charge is -2.15. The molecule has 2 atom stereocenters. The minimum Gasteiger partial charge on any atom is -0.463 e. The van der Waals surface area contributed by atoms with E-state index in [1.54, 1.807) is 0 Å². The number of aliphatic hydroxyl groups excluding tert-OH is 1. The molecular weight excluding hydrogens is 665 g/mol. The van der Waals surface area contributed by atoms with E-state index in [9.17, 15) is 24.2 Å². The van der Waals surface area contributed by atoms with Gasteiger partial charge in [0.1, 0.15) is 12.7 Å². The zero-order chi connectivity index (χ0) is 37.5. The maximum Gasteiger partial charge on any atom is 0.472 e. The number of carbonyl (C=O) groups excluding carboxylic acids is 2. The van der Waals surface area contributed by atoms with Crippen molar-refractivity contribution in [3.05, 3.63) is 0 Å². The van der Waals surface area contributed by atoms with Gasteiger partial charge in [-0.05, 0) is 12.8 Å². The summed E-state index contributed by atoms with van der Waals surface area (Å²) in [7, 11) is -4.40. The van der Waals surface area contributed by atoms with E-state index in [-0.39, 0.29) is 32.1 Å². The number of rotatable bonds is 41. The number of amides is 1. The van der Waals surface area contributed by atoms with Crippen molar-refractivity contribution in [2.75, 3.05) is 26.4 Å². The Morgan fingerprint density at radius 2 is 0.882 bits per heavy atom. The van der Waals surface area contributed by atoms with E-state index in [2.05, 4.69) is 19.2 Å². The van der Waals surface area contributed by atoms with Gasteiger partial charge < -0.3 is 20.1 Å². The first-order chi connectivity index (χ1) is 24.8. The van der Waals surface area contributed by atoms with Crippen LogP contribution in [0.4, 0.5) is 0 Å². The average molecular weight is 748 g/mol. The van der Waals surface area contributed by atoms with Crippen molar-refractivity contribution in [1.82, 2.24) is 5.32 Å². The molecule has 51 heavy (non-hydrogen) atoms. The van der Waals surface area contributed by atoms with Crippen LogP contribution in [0.2, 0.25) is 0 Å². The maximum atomic E-state index is 12.1. The van der Waals surface area contributed by atoms with Gasteiger partial charge in [0.15, 0.2) is 0 Å². The number of carbonyl (C=O) groups is 2. The second-order valence-electron chi connectivity index (χ2n) is 14.7. The van der Waals surface area contributed by atoms with Crippen molar-refractivity contribution in [2.45, 2.75) is 225 Å². The maximum absolute atomic E-state index is 12.1. The second kappa shape index (κ2) is 38.7. The summed E-state index contributed by atoms with van der Waals surface area (Å²) in [5, 5.41) is 12.7. The summed E-state index contributed by atoms with van der Waals surface area (Å²) in [6, 6.07) is 0. The first-order valence-electron chi connectivity index (χ1n) is 21.5. The summed E-state index contributed by atoms with van der Waals surface area (Å²) in [6.07, 6.45) is 37.6. The van der Waals surface area contributed by atoms with Crippen LogP contribution in [0.15, 0.2) is 0 Å². The molecule has 0 aromatic heterocycles. The predicted molar refractivity (Wildman–Crippen MR) is 211 cm³/mol. The van der Waals surface area contributed by atoms with Crippen LogP contribution in [-0.4, -0.2) is 54.3 Å². The lowest BCUT2D eigenvalue weighted by molar-refractivity contribution is -0.147. The molecule has 0 heterocycles. The number of aliphatic hydroxyl groups is 1. The van der Waals surface area contributed by atoms with Crippen LogP contribution >= 0.6 is 7.82 Å². The minimum atomic E-state index is -4.40. The Morgan fingerprint density at radius 1 is 0.529 bits per heavy atom. The van der Waals surface area contributed by atoms with Gasteiger partial charge in [0.05, 0.1) is 13.2 Å². The van der Waals surface area contributed by atoms with Crippen molar-refractivity contribution in [3.63, 3.8) is 0 Å². The lowest BCUT2D eigenvalue weighted by atomic mass is 10.0. The molecule has 0 rings (SSSR count). The molecule has 0 bridgehead atoms. The number of unbranched alkanes of at least 4 members (excludes halogenated alkanes) is 28. The van der Waals surface area contributed by atoms with Crippen molar-refractivity contribution >= 4 is 19.7 Å². The van der Waals surface area contributed by atoms with E-state index in [1.807, 2.05) is 0 Å². The van der Waals surface area contributed by atoms with Crippen LogP contribution in [-0.2, 0) is 27.9 Å². The Morgan fingerprint density at radius 3 is 1.27 bits per heavy atom. The first-order valence-corrected chi connectivity index (χ1v) is 23.0. The second-order valence-corrected chi connectivity index (χ2v) is 16.1. The Kier molecular flexibility index (Phi) is 38.0. The summed E-state index contributed by atoms with van der Waals surface area (Å²) in [4.78, 5) is 33.8. The SMILES string of the molecule is CCCCCCCCCCCCCCCCCCCCCCC(=O)NCCOP(=O)(O)OCC(O)COC(=O)CCCCCCCCCCCC. The average Bonchev–Trinajstić information content (AvgIpc) is 3.11. The molecule has 0 aromatic rings. The van der Waals surface area contributed by atoms with E-state index in [1.165, 1.54) is 154 Å². The van der Waals surface area contributed by atoms with Crippen LogP contribution in [0.5, 0.6) is 0 Å². The molecule has 0 spiro atoms. The fourth-order valence-electron chi connectivity index (χ4n) is 6.26. The van der Waals surface area contributed by atoms with E-state index < -0.39 is 26.5 Å². The number of phosphoric ester groups is 1. The molecule has 0 radical (unpaired) electrons. The van der Waals surface area contributed by atoms with Crippen LogP contribution in [0.3, 0.4) is 0 Å². The van der Waals surface area contributed by atoms with Gasteiger partial charge in [-0.15, -0.1) is 0 Å². The van der Waals surface area contributed by atoms with E-state index in [0.29, 0.717) is 6.42 Å². The quantitative estimate of drug-likeness (QED) is 0.0320. The van der Waals surface area contributed by atoms with Crippen LogP contribution in [0.1, 0.15) is 219 Å². The minimum absolute atomic E-state index is 0.0884.